The van der Waals surface area contributed by atoms with Gasteiger partial charge in [-0.2, -0.15) is 5.10 Å². The predicted octanol–water partition coefficient (Wildman–Crippen LogP) is 3.03. The molecule has 0 aliphatic heterocycles. The van der Waals surface area contributed by atoms with Crippen LogP contribution in [0.4, 0.5) is 0 Å². The molecule has 1 heterocycles. The second-order valence-corrected chi connectivity index (χ2v) is 6.48. The quantitative estimate of drug-likeness (QED) is 0.481. The molecule has 0 spiro atoms. The fraction of sp³-hybridized carbons (Fsp3) is 0.0952. The molecule has 1 amide bonds. The summed E-state index contributed by atoms with van der Waals surface area (Å²) < 4.78 is 6.37. The first-order valence-electron chi connectivity index (χ1n) is 8.63. The van der Waals surface area contributed by atoms with Crippen molar-refractivity contribution in [3.63, 3.8) is 0 Å². The third-order valence-corrected chi connectivity index (χ3v) is 4.51. The van der Waals surface area contributed by atoms with E-state index in [0.717, 1.165) is 5.56 Å². The Kier molecular flexibility index (Phi) is 6.31. The van der Waals surface area contributed by atoms with Crippen molar-refractivity contribution in [3.8, 4) is 11.5 Å². The molecule has 3 rings (SSSR count). The Morgan fingerprint density at radius 1 is 1.24 bits per heavy atom. The summed E-state index contributed by atoms with van der Waals surface area (Å²) in [6.45, 7) is 0.244. The maximum atomic E-state index is 12.6. The number of benzene rings is 2. The number of phenols is 1. The Morgan fingerprint density at radius 2 is 2.03 bits per heavy atom. The van der Waals surface area contributed by atoms with Gasteiger partial charge in [-0.25, -0.2) is 5.43 Å². The highest BCUT2D eigenvalue weighted by Crippen LogP contribution is 2.25. The van der Waals surface area contributed by atoms with Gasteiger partial charge in [0.2, 0.25) is 0 Å². The fourth-order valence-electron chi connectivity index (χ4n) is 2.66. The lowest BCUT2D eigenvalue weighted by molar-refractivity contribution is 0.0953. The van der Waals surface area contributed by atoms with Crippen LogP contribution in [0.5, 0.6) is 11.5 Å². The summed E-state index contributed by atoms with van der Waals surface area (Å²) in [5, 5.41) is 14.1. The van der Waals surface area contributed by atoms with Gasteiger partial charge in [-0.1, -0.05) is 29.8 Å². The van der Waals surface area contributed by atoms with Crippen LogP contribution in [0.1, 0.15) is 21.5 Å². The lowest BCUT2D eigenvalue weighted by Crippen LogP contribution is -2.30. The summed E-state index contributed by atoms with van der Waals surface area (Å²) in [6, 6.07) is 14.9. The summed E-state index contributed by atoms with van der Waals surface area (Å²) in [5.74, 6) is -0.361. The molecule has 0 atom stereocenters. The second-order valence-electron chi connectivity index (χ2n) is 6.08. The third-order valence-electron chi connectivity index (χ3n) is 4.15. The standard InChI is InChI=1S/C21H18ClN3O4/c1-29-19-9-8-14(11-18(19)26)12-23-24-20(27)16-6-4-10-25(21(16)28)13-15-5-2-3-7-17(15)22/h2-12,26H,13H2,1H3,(H,24,27)/b23-12-. The highest BCUT2D eigenvalue weighted by Gasteiger charge is 2.12. The highest BCUT2D eigenvalue weighted by molar-refractivity contribution is 6.31. The van der Waals surface area contributed by atoms with Crippen LogP contribution in [0.15, 0.2) is 70.7 Å². The van der Waals surface area contributed by atoms with Crippen LogP contribution in [0.25, 0.3) is 0 Å². The number of hydrogen-bond acceptors (Lipinski definition) is 5. The van der Waals surface area contributed by atoms with Gasteiger partial charge in [-0.3, -0.25) is 9.59 Å². The number of phenolic OH excluding ortho intramolecular Hbond substituents is 1. The Balaban J connectivity index is 1.73. The van der Waals surface area contributed by atoms with Gasteiger partial charge in [-0.15, -0.1) is 0 Å². The number of aromatic hydroxyl groups is 1. The molecule has 2 aromatic carbocycles. The molecule has 0 radical (unpaired) electrons. The summed E-state index contributed by atoms with van der Waals surface area (Å²) in [7, 11) is 1.45. The molecule has 0 fully saturated rings. The Bertz CT molecular complexity index is 1120. The van der Waals surface area contributed by atoms with Crippen molar-refractivity contribution in [2.75, 3.05) is 7.11 Å². The normalized spacial score (nSPS) is 10.8. The topological polar surface area (TPSA) is 92.9 Å². The van der Waals surface area contributed by atoms with Crippen molar-refractivity contribution in [2.24, 2.45) is 5.10 Å². The van der Waals surface area contributed by atoms with Crippen LogP contribution in [-0.4, -0.2) is 28.9 Å². The minimum atomic E-state index is -0.641. The van der Waals surface area contributed by atoms with Crippen LogP contribution < -0.4 is 15.7 Å². The molecular weight excluding hydrogens is 394 g/mol. The van der Waals surface area contributed by atoms with Gasteiger partial charge in [0.05, 0.1) is 19.9 Å². The minimum absolute atomic E-state index is 0.0470. The van der Waals surface area contributed by atoms with Crippen molar-refractivity contribution in [1.82, 2.24) is 9.99 Å². The molecule has 2 N–H and O–H groups in total. The largest absolute Gasteiger partial charge is 0.504 e. The number of hydrazone groups is 1. The lowest BCUT2D eigenvalue weighted by Gasteiger charge is -2.09. The van der Waals surface area contributed by atoms with E-state index in [2.05, 4.69) is 10.5 Å². The molecule has 29 heavy (non-hydrogen) atoms. The van der Waals surface area contributed by atoms with E-state index in [9.17, 15) is 14.7 Å². The van der Waals surface area contributed by atoms with Gasteiger partial charge >= 0.3 is 0 Å². The first kappa shape index (κ1) is 20.2. The van der Waals surface area contributed by atoms with Crippen molar-refractivity contribution in [2.45, 2.75) is 6.54 Å². The van der Waals surface area contributed by atoms with Crippen molar-refractivity contribution < 1.29 is 14.6 Å². The number of rotatable bonds is 6. The zero-order valence-corrected chi connectivity index (χ0v) is 16.3. The lowest BCUT2D eigenvalue weighted by atomic mass is 10.2. The van der Waals surface area contributed by atoms with E-state index in [0.29, 0.717) is 16.3 Å². The smallest absolute Gasteiger partial charge is 0.276 e. The maximum Gasteiger partial charge on any atom is 0.276 e. The molecule has 8 heteroatoms. The fourth-order valence-corrected chi connectivity index (χ4v) is 2.85. The van der Waals surface area contributed by atoms with Gasteiger partial charge in [0.1, 0.15) is 5.56 Å². The van der Waals surface area contributed by atoms with Gasteiger partial charge < -0.3 is 14.4 Å². The van der Waals surface area contributed by atoms with E-state index in [4.69, 9.17) is 16.3 Å². The Hall–Kier alpha value is -3.58. The molecule has 7 nitrogen and oxygen atoms in total. The average molecular weight is 412 g/mol. The van der Waals surface area contributed by atoms with Crippen molar-refractivity contribution >= 4 is 23.7 Å². The molecule has 0 unspecified atom stereocenters. The van der Waals surface area contributed by atoms with E-state index < -0.39 is 11.5 Å². The number of ether oxygens (including phenoxy) is 1. The number of carbonyl (C=O) groups is 1. The summed E-state index contributed by atoms with van der Waals surface area (Å²) >= 11 is 6.15. The van der Waals surface area contributed by atoms with Crippen LogP contribution in [0.3, 0.4) is 0 Å². The summed E-state index contributed by atoms with van der Waals surface area (Å²) in [4.78, 5) is 25.0. The van der Waals surface area contributed by atoms with Crippen LogP contribution in [-0.2, 0) is 6.54 Å². The predicted molar refractivity (Wildman–Crippen MR) is 111 cm³/mol. The van der Waals surface area contributed by atoms with Gasteiger partial charge in [0.15, 0.2) is 11.5 Å². The number of aromatic nitrogens is 1. The van der Waals surface area contributed by atoms with Gasteiger partial charge in [-0.05, 0) is 47.5 Å². The first-order valence-corrected chi connectivity index (χ1v) is 9.00. The molecule has 0 aliphatic carbocycles. The number of nitrogens with one attached hydrogen (secondary N) is 1. The Labute approximate surface area is 171 Å². The van der Waals surface area contributed by atoms with Crippen LogP contribution in [0.2, 0.25) is 5.02 Å². The van der Waals surface area contributed by atoms with E-state index in [1.807, 2.05) is 12.1 Å². The monoisotopic (exact) mass is 411 g/mol. The molecular formula is C21H18ClN3O4. The molecule has 3 aromatic rings. The molecule has 0 saturated carbocycles. The van der Waals surface area contributed by atoms with Crippen molar-refractivity contribution in [1.29, 1.82) is 0 Å². The molecule has 1 aromatic heterocycles. The first-order chi connectivity index (χ1) is 14.0. The van der Waals surface area contributed by atoms with E-state index in [-0.39, 0.29) is 17.9 Å². The number of halogens is 1. The number of nitrogens with zero attached hydrogens (tertiary/aromatic N) is 2. The minimum Gasteiger partial charge on any atom is -0.504 e. The van der Waals surface area contributed by atoms with E-state index in [1.165, 1.54) is 30.0 Å². The zero-order chi connectivity index (χ0) is 20.8. The number of hydrogen-bond donors (Lipinski definition) is 2. The number of methoxy groups -OCH3 is 1. The molecule has 0 aliphatic rings. The van der Waals surface area contributed by atoms with Gasteiger partial charge in [0.25, 0.3) is 11.5 Å². The second kappa shape index (κ2) is 9.07. The highest BCUT2D eigenvalue weighted by atomic mass is 35.5. The number of carbonyl (C=O) groups excluding carboxylic acids is 1. The molecule has 148 valence electrons. The summed E-state index contributed by atoms with van der Waals surface area (Å²) in [5.41, 5.74) is 3.13. The molecule has 0 saturated heterocycles. The summed E-state index contributed by atoms with van der Waals surface area (Å²) in [6.07, 6.45) is 2.94. The van der Waals surface area contributed by atoms with E-state index >= 15 is 0 Å². The van der Waals surface area contributed by atoms with Crippen molar-refractivity contribution in [3.05, 3.63) is 92.9 Å². The van der Waals surface area contributed by atoms with Crippen LogP contribution in [0, 0.1) is 0 Å². The average Bonchev–Trinajstić information content (AvgIpc) is 2.71. The third kappa shape index (κ3) is 4.83. The SMILES string of the molecule is COc1ccc(/C=N\NC(=O)c2cccn(Cc3ccccc3Cl)c2=O)cc1O. The zero-order valence-electron chi connectivity index (χ0n) is 15.5. The van der Waals surface area contributed by atoms with Crippen LogP contribution >= 0.6 is 11.6 Å². The number of amides is 1. The molecule has 0 bridgehead atoms. The maximum absolute atomic E-state index is 12.6. The van der Waals surface area contributed by atoms with E-state index in [1.54, 1.807) is 36.5 Å². The number of pyridine rings is 1. The van der Waals surface area contributed by atoms with Gasteiger partial charge in [0, 0.05) is 11.2 Å². The Morgan fingerprint density at radius 3 is 2.76 bits per heavy atom.